The number of carbonyl (C=O) groups is 2. The Bertz CT molecular complexity index is 932. The molecule has 1 amide bonds. The van der Waals surface area contributed by atoms with Crippen molar-refractivity contribution in [3.05, 3.63) is 83.7 Å². The minimum absolute atomic E-state index is 0.320. The SMILES string of the molecule is C[C@H](NC(=O)COC(=O)c1cccc2ccccc12)c1ccc(F)cc1. The van der Waals surface area contributed by atoms with E-state index in [0.717, 1.165) is 16.3 Å². The Morgan fingerprint density at radius 3 is 2.46 bits per heavy atom. The van der Waals surface area contributed by atoms with Crippen LogP contribution in [0.25, 0.3) is 10.8 Å². The minimum atomic E-state index is -0.550. The number of nitrogens with one attached hydrogen (secondary N) is 1. The van der Waals surface area contributed by atoms with Gasteiger partial charge in [0, 0.05) is 0 Å². The number of benzene rings is 3. The monoisotopic (exact) mass is 351 g/mol. The molecule has 3 aromatic carbocycles. The number of hydrogen-bond donors (Lipinski definition) is 1. The molecule has 3 aromatic rings. The van der Waals surface area contributed by atoms with Crippen LogP contribution >= 0.6 is 0 Å². The zero-order chi connectivity index (χ0) is 18.5. The zero-order valence-corrected chi connectivity index (χ0v) is 14.2. The molecule has 1 atom stereocenters. The second kappa shape index (κ2) is 7.78. The van der Waals surface area contributed by atoms with E-state index in [1.807, 2.05) is 30.3 Å². The summed E-state index contributed by atoms with van der Waals surface area (Å²) >= 11 is 0. The fourth-order valence-electron chi connectivity index (χ4n) is 2.73. The average Bonchev–Trinajstić information content (AvgIpc) is 2.66. The summed E-state index contributed by atoms with van der Waals surface area (Å²) in [5.74, 6) is -1.31. The maximum Gasteiger partial charge on any atom is 0.339 e. The van der Waals surface area contributed by atoms with Crippen LogP contribution in [0.4, 0.5) is 4.39 Å². The number of esters is 1. The summed E-state index contributed by atoms with van der Waals surface area (Å²) in [7, 11) is 0. The highest BCUT2D eigenvalue weighted by Crippen LogP contribution is 2.19. The fourth-order valence-corrected chi connectivity index (χ4v) is 2.73. The molecular formula is C21H18FNO3. The van der Waals surface area contributed by atoms with E-state index in [2.05, 4.69) is 5.32 Å². The molecular weight excluding hydrogens is 333 g/mol. The number of rotatable bonds is 5. The van der Waals surface area contributed by atoms with Crippen LogP contribution in [0.15, 0.2) is 66.7 Å². The predicted molar refractivity (Wildman–Crippen MR) is 97.2 cm³/mol. The number of amides is 1. The van der Waals surface area contributed by atoms with E-state index in [-0.39, 0.29) is 18.5 Å². The van der Waals surface area contributed by atoms with Crippen LogP contribution in [0.3, 0.4) is 0 Å². The zero-order valence-electron chi connectivity index (χ0n) is 14.2. The van der Waals surface area contributed by atoms with E-state index in [0.29, 0.717) is 5.56 Å². The highest BCUT2D eigenvalue weighted by molar-refractivity contribution is 6.04. The maximum absolute atomic E-state index is 12.9. The first kappa shape index (κ1) is 17.6. The molecule has 4 nitrogen and oxygen atoms in total. The van der Waals surface area contributed by atoms with E-state index >= 15 is 0 Å². The Labute approximate surface area is 150 Å². The van der Waals surface area contributed by atoms with E-state index in [1.54, 1.807) is 31.2 Å². The molecule has 5 heteroatoms. The van der Waals surface area contributed by atoms with Crippen molar-refractivity contribution in [2.75, 3.05) is 6.61 Å². The van der Waals surface area contributed by atoms with Gasteiger partial charge in [-0.15, -0.1) is 0 Å². The number of fused-ring (bicyclic) bond motifs is 1. The topological polar surface area (TPSA) is 55.4 Å². The van der Waals surface area contributed by atoms with Gasteiger partial charge < -0.3 is 10.1 Å². The molecule has 0 aromatic heterocycles. The van der Waals surface area contributed by atoms with Gasteiger partial charge in [0.15, 0.2) is 6.61 Å². The smallest absolute Gasteiger partial charge is 0.339 e. The molecule has 0 unspecified atom stereocenters. The van der Waals surface area contributed by atoms with Gasteiger partial charge in [-0.3, -0.25) is 4.79 Å². The Kier molecular flexibility index (Phi) is 5.27. The van der Waals surface area contributed by atoms with E-state index in [4.69, 9.17) is 4.74 Å². The van der Waals surface area contributed by atoms with Gasteiger partial charge in [-0.1, -0.05) is 48.5 Å². The van der Waals surface area contributed by atoms with Gasteiger partial charge in [-0.25, -0.2) is 9.18 Å². The third kappa shape index (κ3) is 4.06. The highest BCUT2D eigenvalue weighted by atomic mass is 19.1. The van der Waals surface area contributed by atoms with Crippen LogP contribution in [0.5, 0.6) is 0 Å². The van der Waals surface area contributed by atoms with Crippen LogP contribution in [0, 0.1) is 5.82 Å². The van der Waals surface area contributed by atoms with Crippen LogP contribution in [0.2, 0.25) is 0 Å². The fraction of sp³-hybridized carbons (Fsp3) is 0.143. The molecule has 0 heterocycles. The normalized spacial score (nSPS) is 11.8. The molecule has 0 fully saturated rings. The van der Waals surface area contributed by atoms with Crippen molar-refractivity contribution >= 4 is 22.6 Å². The molecule has 132 valence electrons. The van der Waals surface area contributed by atoms with Gasteiger partial charge in [0.05, 0.1) is 11.6 Å². The molecule has 0 aliphatic heterocycles. The number of carbonyl (C=O) groups excluding carboxylic acids is 2. The predicted octanol–water partition coefficient (Wildman–Crippen LogP) is 4.01. The lowest BCUT2D eigenvalue weighted by molar-refractivity contribution is -0.124. The number of ether oxygens (including phenoxy) is 1. The first-order chi connectivity index (χ1) is 12.5. The lowest BCUT2D eigenvalue weighted by atomic mass is 10.1. The third-order valence-corrected chi connectivity index (χ3v) is 4.09. The molecule has 26 heavy (non-hydrogen) atoms. The molecule has 0 bridgehead atoms. The summed E-state index contributed by atoms with van der Waals surface area (Å²) in [6.45, 7) is 1.39. The largest absolute Gasteiger partial charge is 0.452 e. The van der Waals surface area contributed by atoms with Crippen LogP contribution in [0.1, 0.15) is 28.9 Å². The number of halogens is 1. The Morgan fingerprint density at radius 2 is 1.69 bits per heavy atom. The first-order valence-electron chi connectivity index (χ1n) is 8.24. The Morgan fingerprint density at radius 1 is 1.00 bits per heavy atom. The van der Waals surface area contributed by atoms with Gasteiger partial charge in [-0.2, -0.15) is 0 Å². The van der Waals surface area contributed by atoms with Gasteiger partial charge in [-0.05, 0) is 41.5 Å². The second-order valence-electron chi connectivity index (χ2n) is 5.94. The highest BCUT2D eigenvalue weighted by Gasteiger charge is 2.15. The van der Waals surface area contributed by atoms with Gasteiger partial charge >= 0.3 is 5.97 Å². The van der Waals surface area contributed by atoms with Crippen molar-refractivity contribution < 1.29 is 18.7 Å². The third-order valence-electron chi connectivity index (χ3n) is 4.09. The van der Waals surface area contributed by atoms with Gasteiger partial charge in [0.2, 0.25) is 0 Å². The lowest BCUT2D eigenvalue weighted by Crippen LogP contribution is -2.31. The summed E-state index contributed by atoms with van der Waals surface area (Å²) in [5.41, 5.74) is 1.18. The minimum Gasteiger partial charge on any atom is -0.452 e. The Balaban J connectivity index is 1.60. The van der Waals surface area contributed by atoms with E-state index < -0.39 is 11.9 Å². The molecule has 3 rings (SSSR count). The first-order valence-corrected chi connectivity index (χ1v) is 8.24. The standard InChI is InChI=1S/C21H18FNO3/c1-14(15-9-11-17(22)12-10-15)23-20(24)13-26-21(25)19-8-4-6-16-5-2-3-7-18(16)19/h2-12,14H,13H2,1H3,(H,23,24)/t14-/m0/s1. The van der Waals surface area contributed by atoms with Gasteiger partial charge in [0.1, 0.15) is 5.82 Å². The van der Waals surface area contributed by atoms with Crippen molar-refractivity contribution in [1.82, 2.24) is 5.32 Å². The molecule has 0 saturated carbocycles. The quantitative estimate of drug-likeness (QED) is 0.707. The molecule has 0 spiro atoms. The van der Waals surface area contributed by atoms with Gasteiger partial charge in [0.25, 0.3) is 5.91 Å². The molecule has 0 saturated heterocycles. The number of hydrogen-bond acceptors (Lipinski definition) is 3. The van der Waals surface area contributed by atoms with E-state index in [1.165, 1.54) is 12.1 Å². The van der Waals surface area contributed by atoms with E-state index in [9.17, 15) is 14.0 Å². The summed E-state index contributed by atoms with van der Waals surface area (Å²) in [6.07, 6.45) is 0. The summed E-state index contributed by atoms with van der Waals surface area (Å²) in [4.78, 5) is 24.3. The lowest BCUT2D eigenvalue weighted by Gasteiger charge is -2.14. The van der Waals surface area contributed by atoms with Crippen LogP contribution < -0.4 is 5.32 Å². The molecule has 0 aliphatic carbocycles. The van der Waals surface area contributed by atoms with Crippen molar-refractivity contribution in [3.63, 3.8) is 0 Å². The Hall–Kier alpha value is -3.21. The summed E-state index contributed by atoms with van der Waals surface area (Å²) in [6, 6.07) is 18.4. The van der Waals surface area contributed by atoms with Crippen molar-refractivity contribution in [2.45, 2.75) is 13.0 Å². The molecule has 0 aliphatic rings. The van der Waals surface area contributed by atoms with Crippen molar-refractivity contribution in [2.24, 2.45) is 0 Å². The summed E-state index contributed by atoms with van der Waals surface area (Å²) in [5, 5.41) is 4.43. The van der Waals surface area contributed by atoms with Crippen LogP contribution in [-0.4, -0.2) is 18.5 Å². The second-order valence-corrected chi connectivity index (χ2v) is 5.94. The average molecular weight is 351 g/mol. The maximum atomic E-state index is 12.9. The van der Waals surface area contributed by atoms with Crippen molar-refractivity contribution in [3.8, 4) is 0 Å². The summed E-state index contributed by atoms with van der Waals surface area (Å²) < 4.78 is 18.1. The molecule has 0 radical (unpaired) electrons. The molecule has 1 N–H and O–H groups in total. The van der Waals surface area contributed by atoms with Crippen molar-refractivity contribution in [1.29, 1.82) is 0 Å². The van der Waals surface area contributed by atoms with Crippen LogP contribution in [-0.2, 0) is 9.53 Å².